The van der Waals surface area contributed by atoms with Gasteiger partial charge in [0.15, 0.2) is 5.65 Å². The minimum absolute atomic E-state index is 0.0847. The molecule has 1 atom stereocenters. The van der Waals surface area contributed by atoms with Crippen LogP contribution in [-0.2, 0) is 4.79 Å². The second-order valence-corrected chi connectivity index (χ2v) is 7.54. The van der Waals surface area contributed by atoms with Gasteiger partial charge < -0.3 is 21.1 Å². The van der Waals surface area contributed by atoms with Gasteiger partial charge >= 0.3 is 6.03 Å². The lowest BCUT2D eigenvalue weighted by molar-refractivity contribution is -0.115. The van der Waals surface area contributed by atoms with Crippen molar-refractivity contribution in [3.63, 3.8) is 0 Å². The lowest BCUT2D eigenvalue weighted by Crippen LogP contribution is -2.22. The quantitative estimate of drug-likeness (QED) is 0.273. The topological polar surface area (TPSA) is 146 Å². The summed E-state index contributed by atoms with van der Waals surface area (Å²) in [5, 5.41) is 25.6. The van der Waals surface area contributed by atoms with Crippen molar-refractivity contribution >= 4 is 35.6 Å². The predicted molar refractivity (Wildman–Crippen MR) is 112 cm³/mol. The first-order chi connectivity index (χ1) is 15.5. The van der Waals surface area contributed by atoms with Crippen LogP contribution in [0.25, 0.3) is 11.7 Å². The summed E-state index contributed by atoms with van der Waals surface area (Å²) in [5.41, 5.74) is 1.54. The average Bonchev–Trinajstić information content (AvgIpc) is 3.41. The number of rotatable bonds is 7. The molecule has 32 heavy (non-hydrogen) atoms. The van der Waals surface area contributed by atoms with Crippen LogP contribution in [-0.4, -0.2) is 49.2 Å². The van der Waals surface area contributed by atoms with Crippen molar-refractivity contribution in [2.45, 2.75) is 25.0 Å². The van der Waals surface area contributed by atoms with Gasteiger partial charge in [0, 0.05) is 18.2 Å². The zero-order valence-corrected chi connectivity index (χ0v) is 16.7. The summed E-state index contributed by atoms with van der Waals surface area (Å²) in [7, 11) is 0. The number of aliphatic hydroxyl groups is 1. The summed E-state index contributed by atoms with van der Waals surface area (Å²) in [6, 6.07) is 5.27. The van der Waals surface area contributed by atoms with Crippen LogP contribution < -0.4 is 21.3 Å². The highest BCUT2D eigenvalue weighted by atomic mass is 19.1. The van der Waals surface area contributed by atoms with Crippen molar-refractivity contribution in [1.29, 1.82) is 0 Å². The smallest absolute Gasteiger partial charge is 0.326 e. The summed E-state index contributed by atoms with van der Waals surface area (Å²) in [5.74, 6) is -0.226. The molecule has 2 aromatic heterocycles. The number of urea groups is 1. The minimum atomic E-state index is -0.904. The molecular weight excluding hydrogens is 419 g/mol. The Balaban J connectivity index is 1.44. The molecule has 3 amide bonds. The molecule has 11 nitrogen and oxygen atoms in total. The van der Waals surface area contributed by atoms with E-state index in [0.29, 0.717) is 22.7 Å². The Bertz CT molecular complexity index is 1240. The van der Waals surface area contributed by atoms with Gasteiger partial charge in [-0.05, 0) is 36.6 Å². The lowest BCUT2D eigenvalue weighted by Gasteiger charge is -2.14. The Labute approximate surface area is 180 Å². The number of fused-ring (bicyclic) bond motifs is 1. The third-order valence-corrected chi connectivity index (χ3v) is 5.03. The monoisotopic (exact) mass is 438 g/mol. The molecule has 1 aliphatic carbocycles. The fourth-order valence-corrected chi connectivity index (χ4v) is 3.21. The number of amides is 3. The number of hydrogen-bond acceptors (Lipinski definition) is 8. The summed E-state index contributed by atoms with van der Waals surface area (Å²) in [6.45, 7) is 0.0910. The fourth-order valence-electron chi connectivity index (χ4n) is 3.21. The van der Waals surface area contributed by atoms with Gasteiger partial charge in [-0.3, -0.25) is 10.1 Å². The molecule has 0 spiro atoms. The highest BCUT2D eigenvalue weighted by Crippen LogP contribution is 2.26. The third-order valence-electron chi connectivity index (χ3n) is 5.03. The molecule has 5 N–H and O–H groups in total. The van der Waals surface area contributed by atoms with E-state index in [0.717, 1.165) is 12.8 Å². The van der Waals surface area contributed by atoms with Gasteiger partial charge in [-0.2, -0.15) is 19.6 Å². The highest BCUT2D eigenvalue weighted by Gasteiger charge is 2.26. The number of anilines is 2. The molecule has 12 heteroatoms. The van der Waals surface area contributed by atoms with Gasteiger partial charge in [0.2, 0.25) is 11.9 Å². The number of aromatic nitrogens is 4. The summed E-state index contributed by atoms with van der Waals surface area (Å²) in [4.78, 5) is 32.2. The summed E-state index contributed by atoms with van der Waals surface area (Å²) >= 11 is 0. The molecule has 1 aliphatic heterocycles. The number of carbonyl (C=O) groups excluding carboxylic acids is 2. The maximum atomic E-state index is 13.1. The van der Waals surface area contributed by atoms with Crippen LogP contribution in [0, 0.1) is 5.82 Å². The van der Waals surface area contributed by atoms with Crippen molar-refractivity contribution in [2.75, 3.05) is 17.2 Å². The maximum Gasteiger partial charge on any atom is 0.326 e. The Morgan fingerprint density at radius 2 is 2.00 bits per heavy atom. The molecule has 1 aromatic carbocycles. The van der Waals surface area contributed by atoms with Crippen LogP contribution in [0.3, 0.4) is 0 Å². The molecule has 1 unspecified atom stereocenters. The largest absolute Gasteiger partial charge is 0.387 e. The first kappa shape index (κ1) is 19.9. The van der Waals surface area contributed by atoms with E-state index in [4.69, 9.17) is 0 Å². The van der Waals surface area contributed by atoms with Crippen LogP contribution >= 0.6 is 0 Å². The molecule has 0 bridgehead atoms. The number of aliphatic hydroxyl groups excluding tert-OH is 1. The Kier molecular flexibility index (Phi) is 4.90. The first-order valence-electron chi connectivity index (χ1n) is 10.00. The standard InChI is InChI=1S/C20H19FN8O3/c21-12-3-1-10(2-4-12)15(30)9-22-18-26-16-11(7-14-17(31)27-20(32)25-14)8-23-29(16)19(28-18)24-13-5-6-13/h1-4,7-8,13,15,30H,5-6,9H2,(H2,22,24,26,28)(H2,25,27,31,32)/b14-7-. The highest BCUT2D eigenvalue weighted by molar-refractivity contribution is 6.14. The van der Waals surface area contributed by atoms with Crippen molar-refractivity contribution in [1.82, 2.24) is 30.2 Å². The van der Waals surface area contributed by atoms with Crippen LogP contribution in [0.5, 0.6) is 0 Å². The van der Waals surface area contributed by atoms with Crippen molar-refractivity contribution in [2.24, 2.45) is 0 Å². The Morgan fingerprint density at radius 1 is 1.22 bits per heavy atom. The van der Waals surface area contributed by atoms with Crippen LogP contribution in [0.1, 0.15) is 30.1 Å². The molecule has 3 heterocycles. The number of hydrogen-bond donors (Lipinski definition) is 5. The van der Waals surface area contributed by atoms with Crippen molar-refractivity contribution in [3.05, 3.63) is 53.1 Å². The molecule has 5 rings (SSSR count). The SMILES string of the molecule is O=C1NC(=O)/C(=C/c2cnn3c(NC4CC4)nc(NCC(O)c4ccc(F)cc4)nc23)N1. The van der Waals surface area contributed by atoms with Gasteiger partial charge in [-0.15, -0.1) is 0 Å². The van der Waals surface area contributed by atoms with E-state index in [1.807, 2.05) is 0 Å². The van der Waals surface area contributed by atoms with Gasteiger partial charge in [-0.1, -0.05) is 12.1 Å². The molecule has 2 aliphatic rings. The fraction of sp³-hybridized carbons (Fsp3) is 0.250. The molecule has 3 aromatic rings. The van der Waals surface area contributed by atoms with Gasteiger partial charge in [-0.25, -0.2) is 9.18 Å². The molecule has 1 saturated carbocycles. The Hall–Kier alpha value is -4.06. The predicted octanol–water partition coefficient (Wildman–Crippen LogP) is 1.16. The minimum Gasteiger partial charge on any atom is -0.387 e. The summed E-state index contributed by atoms with van der Waals surface area (Å²) < 4.78 is 14.6. The molecule has 164 valence electrons. The van der Waals surface area contributed by atoms with Crippen LogP contribution in [0.15, 0.2) is 36.2 Å². The lowest BCUT2D eigenvalue weighted by atomic mass is 10.1. The van der Waals surface area contributed by atoms with E-state index in [2.05, 4.69) is 36.3 Å². The molecule has 2 fully saturated rings. The maximum absolute atomic E-state index is 13.1. The third kappa shape index (κ3) is 4.07. The van der Waals surface area contributed by atoms with E-state index in [1.165, 1.54) is 41.1 Å². The molecular formula is C20H19FN8O3. The van der Waals surface area contributed by atoms with Gasteiger partial charge in [0.25, 0.3) is 5.91 Å². The number of nitrogens with one attached hydrogen (secondary N) is 4. The van der Waals surface area contributed by atoms with Crippen LogP contribution in [0.2, 0.25) is 0 Å². The normalized spacial score (nSPS) is 18.0. The van der Waals surface area contributed by atoms with E-state index >= 15 is 0 Å². The second kappa shape index (κ2) is 7.89. The average molecular weight is 438 g/mol. The second-order valence-electron chi connectivity index (χ2n) is 7.54. The van der Waals surface area contributed by atoms with Crippen molar-refractivity contribution < 1.29 is 19.1 Å². The van der Waals surface area contributed by atoms with Crippen molar-refractivity contribution in [3.8, 4) is 0 Å². The first-order valence-corrected chi connectivity index (χ1v) is 10.00. The number of nitrogens with zero attached hydrogens (tertiary/aromatic N) is 4. The van der Waals surface area contributed by atoms with E-state index < -0.39 is 18.0 Å². The van der Waals surface area contributed by atoms with Gasteiger partial charge in [0.1, 0.15) is 11.5 Å². The summed E-state index contributed by atoms with van der Waals surface area (Å²) in [6.07, 6.45) is 4.13. The number of carbonyl (C=O) groups is 2. The zero-order chi connectivity index (χ0) is 22.2. The number of benzene rings is 1. The number of imide groups is 1. The zero-order valence-electron chi connectivity index (χ0n) is 16.7. The van der Waals surface area contributed by atoms with E-state index in [1.54, 1.807) is 0 Å². The molecule has 0 radical (unpaired) electrons. The molecule has 1 saturated heterocycles. The van der Waals surface area contributed by atoms with E-state index in [9.17, 15) is 19.1 Å². The van der Waals surface area contributed by atoms with Crippen LogP contribution in [0.4, 0.5) is 21.1 Å². The number of halogens is 1. The van der Waals surface area contributed by atoms with E-state index in [-0.39, 0.29) is 30.0 Å². The van der Waals surface area contributed by atoms with Gasteiger partial charge in [0.05, 0.1) is 12.3 Å². The Morgan fingerprint density at radius 3 is 2.69 bits per heavy atom.